The van der Waals surface area contributed by atoms with Crippen molar-refractivity contribution in [2.75, 3.05) is 6.54 Å². The maximum absolute atomic E-state index is 9.74. The molecule has 3 unspecified atom stereocenters. The Labute approximate surface area is 122 Å². The van der Waals surface area contributed by atoms with E-state index in [1.54, 1.807) is 11.1 Å². The number of hydrogen-bond acceptors (Lipinski definition) is 2. The molecule has 0 bridgehead atoms. The molecule has 0 aliphatic heterocycles. The second-order valence-electron chi connectivity index (χ2n) is 6.70. The summed E-state index contributed by atoms with van der Waals surface area (Å²) in [6.45, 7) is 3.30. The molecular weight excluding hydrogens is 246 g/mol. The summed E-state index contributed by atoms with van der Waals surface area (Å²) in [6, 6.07) is 7.42. The van der Waals surface area contributed by atoms with Gasteiger partial charge < -0.3 is 10.4 Å². The Bertz CT molecular complexity index is 457. The summed E-state index contributed by atoms with van der Waals surface area (Å²) in [5.41, 5.74) is 4.53. The Kier molecular flexibility index (Phi) is 4.42. The van der Waals surface area contributed by atoms with Crippen molar-refractivity contribution in [2.24, 2.45) is 5.92 Å². The molecule has 0 amide bonds. The number of fused-ring (bicyclic) bond motifs is 1. The summed E-state index contributed by atoms with van der Waals surface area (Å²) in [5, 5.41) is 13.4. The van der Waals surface area contributed by atoms with Crippen molar-refractivity contribution in [3.05, 3.63) is 34.9 Å². The molecule has 2 N–H and O–H groups in total. The topological polar surface area (TPSA) is 32.3 Å². The van der Waals surface area contributed by atoms with Crippen LogP contribution < -0.4 is 5.32 Å². The zero-order valence-electron chi connectivity index (χ0n) is 12.6. The van der Waals surface area contributed by atoms with Gasteiger partial charge in [-0.05, 0) is 74.6 Å². The summed E-state index contributed by atoms with van der Waals surface area (Å²) >= 11 is 0. The highest BCUT2D eigenvalue weighted by Gasteiger charge is 2.21. The van der Waals surface area contributed by atoms with Crippen LogP contribution in [0.2, 0.25) is 0 Å². The third kappa shape index (κ3) is 3.24. The van der Waals surface area contributed by atoms with E-state index in [1.165, 1.54) is 37.7 Å². The van der Waals surface area contributed by atoms with E-state index in [0.29, 0.717) is 12.0 Å². The van der Waals surface area contributed by atoms with E-state index in [1.807, 2.05) is 0 Å². The van der Waals surface area contributed by atoms with Gasteiger partial charge in [-0.25, -0.2) is 0 Å². The SMILES string of the molecule is CC(NCC1CCCC(O)C1)c1ccc2c(c1)CCC2. The van der Waals surface area contributed by atoms with E-state index in [-0.39, 0.29) is 6.10 Å². The molecule has 0 saturated heterocycles. The molecule has 1 aromatic carbocycles. The Morgan fingerprint density at radius 2 is 2.05 bits per heavy atom. The van der Waals surface area contributed by atoms with Crippen molar-refractivity contribution in [1.29, 1.82) is 0 Å². The van der Waals surface area contributed by atoms with E-state index in [9.17, 15) is 5.11 Å². The predicted molar refractivity (Wildman–Crippen MR) is 82.8 cm³/mol. The third-order valence-corrected chi connectivity index (χ3v) is 5.09. The van der Waals surface area contributed by atoms with Gasteiger partial charge in [0, 0.05) is 6.04 Å². The maximum atomic E-state index is 9.74. The van der Waals surface area contributed by atoms with Crippen LogP contribution in [-0.4, -0.2) is 17.8 Å². The van der Waals surface area contributed by atoms with Gasteiger partial charge in [0.1, 0.15) is 0 Å². The van der Waals surface area contributed by atoms with Crippen LogP contribution >= 0.6 is 0 Å². The van der Waals surface area contributed by atoms with Gasteiger partial charge in [0.15, 0.2) is 0 Å². The zero-order chi connectivity index (χ0) is 13.9. The molecule has 0 radical (unpaired) electrons. The predicted octanol–water partition coefficient (Wildman–Crippen LogP) is 3.38. The Hall–Kier alpha value is -0.860. The van der Waals surface area contributed by atoms with Crippen molar-refractivity contribution >= 4 is 0 Å². The lowest BCUT2D eigenvalue weighted by Gasteiger charge is -2.27. The molecule has 20 heavy (non-hydrogen) atoms. The summed E-state index contributed by atoms with van der Waals surface area (Å²) < 4.78 is 0. The number of nitrogens with one attached hydrogen (secondary N) is 1. The molecule has 2 nitrogen and oxygen atoms in total. The Morgan fingerprint density at radius 1 is 1.20 bits per heavy atom. The van der Waals surface area contributed by atoms with Crippen LogP contribution in [-0.2, 0) is 12.8 Å². The quantitative estimate of drug-likeness (QED) is 0.881. The maximum Gasteiger partial charge on any atom is 0.0543 e. The summed E-state index contributed by atoms with van der Waals surface area (Å²) in [6.07, 6.45) is 8.19. The number of aryl methyl sites for hydroxylation is 2. The molecule has 110 valence electrons. The van der Waals surface area contributed by atoms with Gasteiger partial charge in [-0.1, -0.05) is 24.6 Å². The number of aliphatic hydroxyl groups excluding tert-OH is 1. The van der Waals surface area contributed by atoms with Gasteiger partial charge in [0.05, 0.1) is 6.10 Å². The lowest BCUT2D eigenvalue weighted by atomic mass is 9.87. The van der Waals surface area contributed by atoms with Crippen molar-refractivity contribution < 1.29 is 5.11 Å². The van der Waals surface area contributed by atoms with Gasteiger partial charge in [-0.3, -0.25) is 0 Å². The van der Waals surface area contributed by atoms with Gasteiger partial charge >= 0.3 is 0 Å². The molecule has 2 aliphatic carbocycles. The summed E-state index contributed by atoms with van der Waals surface area (Å²) in [5.74, 6) is 0.649. The van der Waals surface area contributed by atoms with E-state index in [4.69, 9.17) is 0 Å². The first-order valence-corrected chi connectivity index (χ1v) is 8.25. The van der Waals surface area contributed by atoms with E-state index < -0.39 is 0 Å². The van der Waals surface area contributed by atoms with Crippen LogP contribution in [0, 0.1) is 5.92 Å². The first-order valence-electron chi connectivity index (χ1n) is 8.25. The number of rotatable bonds is 4. The fraction of sp³-hybridized carbons (Fsp3) is 0.667. The van der Waals surface area contributed by atoms with Crippen LogP contribution in [0.5, 0.6) is 0 Å². The third-order valence-electron chi connectivity index (χ3n) is 5.09. The van der Waals surface area contributed by atoms with Gasteiger partial charge in [-0.2, -0.15) is 0 Å². The molecule has 3 rings (SSSR count). The van der Waals surface area contributed by atoms with Gasteiger partial charge in [0.25, 0.3) is 0 Å². The highest BCUT2D eigenvalue weighted by Crippen LogP contribution is 2.27. The number of benzene rings is 1. The highest BCUT2D eigenvalue weighted by molar-refractivity contribution is 5.36. The zero-order valence-corrected chi connectivity index (χ0v) is 12.6. The monoisotopic (exact) mass is 273 g/mol. The van der Waals surface area contributed by atoms with E-state index in [2.05, 4.69) is 30.4 Å². The first kappa shape index (κ1) is 14.1. The normalized spacial score (nSPS) is 27.3. The molecule has 1 saturated carbocycles. The first-order chi connectivity index (χ1) is 9.72. The molecule has 3 atom stereocenters. The van der Waals surface area contributed by atoms with E-state index in [0.717, 1.165) is 19.4 Å². The number of hydrogen-bond donors (Lipinski definition) is 2. The molecule has 1 fully saturated rings. The second-order valence-corrected chi connectivity index (χ2v) is 6.70. The van der Waals surface area contributed by atoms with Gasteiger partial charge in [0.2, 0.25) is 0 Å². The van der Waals surface area contributed by atoms with Gasteiger partial charge in [-0.15, -0.1) is 0 Å². The molecular formula is C18H27NO. The molecule has 2 aliphatic rings. The lowest BCUT2D eigenvalue weighted by Crippen LogP contribution is -2.30. The fourth-order valence-electron chi connectivity index (χ4n) is 3.77. The van der Waals surface area contributed by atoms with Crippen LogP contribution in [0.15, 0.2) is 18.2 Å². The molecule has 0 aromatic heterocycles. The number of aliphatic hydroxyl groups is 1. The van der Waals surface area contributed by atoms with Crippen molar-refractivity contribution in [3.63, 3.8) is 0 Å². The minimum absolute atomic E-state index is 0.0640. The highest BCUT2D eigenvalue weighted by atomic mass is 16.3. The molecule has 2 heteroatoms. The average Bonchev–Trinajstić information content (AvgIpc) is 2.92. The van der Waals surface area contributed by atoms with Crippen LogP contribution in [0.1, 0.15) is 61.8 Å². The molecule has 1 aromatic rings. The lowest BCUT2D eigenvalue weighted by molar-refractivity contribution is 0.0998. The van der Waals surface area contributed by atoms with Crippen molar-refractivity contribution in [1.82, 2.24) is 5.32 Å². The molecule has 0 spiro atoms. The Morgan fingerprint density at radius 3 is 2.90 bits per heavy atom. The minimum Gasteiger partial charge on any atom is -0.393 e. The molecule has 0 heterocycles. The minimum atomic E-state index is -0.0640. The van der Waals surface area contributed by atoms with Crippen LogP contribution in [0.25, 0.3) is 0 Å². The van der Waals surface area contributed by atoms with Crippen molar-refractivity contribution in [3.8, 4) is 0 Å². The summed E-state index contributed by atoms with van der Waals surface area (Å²) in [4.78, 5) is 0. The second kappa shape index (κ2) is 6.28. The average molecular weight is 273 g/mol. The fourth-order valence-corrected chi connectivity index (χ4v) is 3.77. The standard InChI is InChI=1S/C18H27NO/c1-13(19-12-14-4-2-7-18(20)10-14)16-9-8-15-5-3-6-17(15)11-16/h8-9,11,13-14,18-20H,2-7,10,12H2,1H3. The Balaban J connectivity index is 1.55. The van der Waals surface area contributed by atoms with Crippen LogP contribution in [0.4, 0.5) is 0 Å². The smallest absolute Gasteiger partial charge is 0.0543 e. The summed E-state index contributed by atoms with van der Waals surface area (Å²) in [7, 11) is 0. The van der Waals surface area contributed by atoms with E-state index >= 15 is 0 Å². The van der Waals surface area contributed by atoms with Crippen molar-refractivity contribution in [2.45, 2.75) is 64.0 Å². The van der Waals surface area contributed by atoms with Crippen LogP contribution in [0.3, 0.4) is 0 Å². The largest absolute Gasteiger partial charge is 0.393 e.